The predicted molar refractivity (Wildman–Crippen MR) is 97.4 cm³/mol. The lowest BCUT2D eigenvalue weighted by Gasteiger charge is -2.39. The fourth-order valence-electron chi connectivity index (χ4n) is 3.47. The van der Waals surface area contributed by atoms with E-state index < -0.39 is 11.3 Å². The summed E-state index contributed by atoms with van der Waals surface area (Å²) in [4.78, 5) is 31.0. The van der Waals surface area contributed by atoms with Gasteiger partial charge in [-0.15, -0.1) is 0 Å². The molecule has 2 amide bonds. The van der Waals surface area contributed by atoms with Crippen LogP contribution in [0, 0.1) is 6.92 Å². The zero-order valence-corrected chi connectivity index (χ0v) is 15.1. The number of aryl methyl sites for hydroxylation is 2. The first kappa shape index (κ1) is 18.1. The van der Waals surface area contributed by atoms with E-state index in [4.69, 9.17) is 5.73 Å². The number of nitrogens with one attached hydrogen (secondary N) is 1. The number of amides is 2. The van der Waals surface area contributed by atoms with Gasteiger partial charge in [0, 0.05) is 31.5 Å². The van der Waals surface area contributed by atoms with Crippen molar-refractivity contribution in [1.29, 1.82) is 0 Å². The van der Waals surface area contributed by atoms with Gasteiger partial charge in [-0.2, -0.15) is 5.10 Å². The van der Waals surface area contributed by atoms with Gasteiger partial charge in [-0.25, -0.2) is 0 Å². The van der Waals surface area contributed by atoms with E-state index in [0.29, 0.717) is 24.5 Å². The van der Waals surface area contributed by atoms with E-state index in [1.54, 1.807) is 16.9 Å². The number of carbonyl (C=O) groups is 2. The number of primary amides is 1. The van der Waals surface area contributed by atoms with Gasteiger partial charge >= 0.3 is 0 Å². The number of carbonyl (C=O) groups excluding carboxylic acids is 2. The molecule has 0 spiro atoms. The van der Waals surface area contributed by atoms with E-state index in [1.165, 1.54) is 0 Å². The van der Waals surface area contributed by atoms with Gasteiger partial charge in [-0.3, -0.25) is 24.2 Å². The van der Waals surface area contributed by atoms with Crippen molar-refractivity contribution in [1.82, 2.24) is 19.7 Å². The minimum Gasteiger partial charge on any atom is -0.369 e. The van der Waals surface area contributed by atoms with Crippen LogP contribution in [0.15, 0.2) is 30.5 Å². The van der Waals surface area contributed by atoms with Crippen molar-refractivity contribution >= 4 is 17.6 Å². The number of piperidine rings is 1. The normalized spacial score (nSPS) is 20.7. The van der Waals surface area contributed by atoms with Crippen LogP contribution in [0.3, 0.4) is 0 Å². The summed E-state index contributed by atoms with van der Waals surface area (Å²) in [5, 5.41) is 7.03. The Bertz CT molecular complexity index is 784. The molecule has 3 heterocycles. The summed E-state index contributed by atoms with van der Waals surface area (Å²) in [7, 11) is 1.82. The first-order chi connectivity index (χ1) is 12.4. The summed E-state index contributed by atoms with van der Waals surface area (Å²) in [6.07, 6.45) is 3.07. The minimum absolute atomic E-state index is 0.163. The second-order valence-electron chi connectivity index (χ2n) is 6.82. The van der Waals surface area contributed by atoms with Crippen molar-refractivity contribution in [2.24, 2.45) is 12.8 Å². The fraction of sp³-hybridized carbons (Fsp3) is 0.444. The third-order valence-electron chi connectivity index (χ3n) is 4.95. The van der Waals surface area contributed by atoms with Crippen LogP contribution in [0.1, 0.15) is 24.2 Å². The molecule has 138 valence electrons. The molecule has 1 fully saturated rings. The summed E-state index contributed by atoms with van der Waals surface area (Å²) < 4.78 is 1.70. The first-order valence-electron chi connectivity index (χ1n) is 8.65. The molecule has 3 rings (SSSR count). The van der Waals surface area contributed by atoms with Crippen LogP contribution in [0.4, 0.5) is 5.82 Å². The SMILES string of the molecule is Cc1cc(NC(=O)CN2CCC[C@@](C(N)=O)(c3ccccn3)C2)nn1C. The minimum atomic E-state index is -0.860. The van der Waals surface area contributed by atoms with Crippen LogP contribution in [0.25, 0.3) is 0 Å². The van der Waals surface area contributed by atoms with Gasteiger partial charge in [0.25, 0.3) is 0 Å². The highest BCUT2D eigenvalue weighted by Gasteiger charge is 2.43. The lowest BCUT2D eigenvalue weighted by Crippen LogP contribution is -2.55. The Labute approximate surface area is 152 Å². The van der Waals surface area contributed by atoms with Gasteiger partial charge in [0.15, 0.2) is 5.82 Å². The zero-order valence-electron chi connectivity index (χ0n) is 15.1. The van der Waals surface area contributed by atoms with Crippen LogP contribution in [0.2, 0.25) is 0 Å². The molecule has 8 nitrogen and oxygen atoms in total. The van der Waals surface area contributed by atoms with Gasteiger partial charge < -0.3 is 11.1 Å². The number of aromatic nitrogens is 3. The quantitative estimate of drug-likeness (QED) is 0.815. The Balaban J connectivity index is 1.71. The molecule has 1 aliphatic heterocycles. The Morgan fingerprint density at radius 3 is 2.81 bits per heavy atom. The number of nitrogens with two attached hydrogens (primary N) is 1. The molecule has 2 aromatic rings. The van der Waals surface area contributed by atoms with E-state index in [0.717, 1.165) is 18.7 Å². The predicted octanol–water partition coefficient (Wildman–Crippen LogP) is 0.581. The van der Waals surface area contributed by atoms with Gasteiger partial charge in [-0.1, -0.05) is 6.07 Å². The molecule has 1 atom stereocenters. The van der Waals surface area contributed by atoms with E-state index >= 15 is 0 Å². The second kappa shape index (κ2) is 7.25. The lowest BCUT2D eigenvalue weighted by atomic mass is 9.76. The van der Waals surface area contributed by atoms with Crippen LogP contribution < -0.4 is 11.1 Å². The highest BCUT2D eigenvalue weighted by atomic mass is 16.2. The van der Waals surface area contributed by atoms with Crippen molar-refractivity contribution in [3.8, 4) is 0 Å². The molecule has 0 unspecified atom stereocenters. The molecule has 1 saturated heterocycles. The first-order valence-corrected chi connectivity index (χ1v) is 8.65. The van der Waals surface area contributed by atoms with E-state index in [-0.39, 0.29) is 12.5 Å². The average Bonchev–Trinajstić information content (AvgIpc) is 2.92. The van der Waals surface area contributed by atoms with Crippen LogP contribution in [-0.4, -0.2) is 51.1 Å². The molecular weight excluding hydrogens is 332 g/mol. The van der Waals surface area contributed by atoms with Crippen molar-refractivity contribution in [2.45, 2.75) is 25.2 Å². The van der Waals surface area contributed by atoms with Crippen LogP contribution in [-0.2, 0) is 22.1 Å². The monoisotopic (exact) mass is 356 g/mol. The van der Waals surface area contributed by atoms with Gasteiger partial charge in [0.2, 0.25) is 11.8 Å². The molecule has 8 heteroatoms. The van der Waals surface area contributed by atoms with Gasteiger partial charge in [-0.05, 0) is 38.4 Å². The molecule has 26 heavy (non-hydrogen) atoms. The topological polar surface area (TPSA) is 106 Å². The third-order valence-corrected chi connectivity index (χ3v) is 4.95. The van der Waals surface area contributed by atoms with Gasteiger partial charge in [0.1, 0.15) is 5.41 Å². The van der Waals surface area contributed by atoms with Crippen molar-refractivity contribution in [3.63, 3.8) is 0 Å². The zero-order chi connectivity index (χ0) is 18.7. The fourth-order valence-corrected chi connectivity index (χ4v) is 3.47. The molecule has 2 aromatic heterocycles. The Hall–Kier alpha value is -2.74. The summed E-state index contributed by atoms with van der Waals surface area (Å²) in [6.45, 7) is 3.21. The van der Waals surface area contributed by atoms with E-state index in [2.05, 4.69) is 15.4 Å². The maximum Gasteiger partial charge on any atom is 0.239 e. The highest BCUT2D eigenvalue weighted by molar-refractivity contribution is 5.91. The Kier molecular flexibility index (Phi) is 5.03. The van der Waals surface area contributed by atoms with E-state index in [1.807, 2.05) is 37.1 Å². The highest BCUT2D eigenvalue weighted by Crippen LogP contribution is 2.32. The Morgan fingerprint density at radius 1 is 1.38 bits per heavy atom. The van der Waals surface area contributed by atoms with Crippen LogP contribution in [0.5, 0.6) is 0 Å². The number of nitrogens with zero attached hydrogens (tertiary/aromatic N) is 4. The number of rotatable bonds is 5. The summed E-state index contributed by atoms with van der Waals surface area (Å²) in [6, 6.07) is 7.30. The Morgan fingerprint density at radius 2 is 2.19 bits per heavy atom. The second-order valence-corrected chi connectivity index (χ2v) is 6.82. The summed E-state index contributed by atoms with van der Waals surface area (Å²) >= 11 is 0. The van der Waals surface area contributed by atoms with Crippen molar-refractivity contribution in [2.75, 3.05) is 25.0 Å². The maximum atomic E-state index is 12.4. The molecule has 0 bridgehead atoms. The number of pyridine rings is 1. The number of anilines is 1. The number of likely N-dealkylation sites (tertiary alicyclic amines) is 1. The average molecular weight is 356 g/mol. The third kappa shape index (κ3) is 3.60. The number of hydrogen-bond donors (Lipinski definition) is 2. The van der Waals surface area contributed by atoms with Crippen molar-refractivity contribution in [3.05, 3.63) is 41.9 Å². The van der Waals surface area contributed by atoms with Crippen molar-refractivity contribution < 1.29 is 9.59 Å². The molecule has 0 saturated carbocycles. The molecular formula is C18H24N6O2. The summed E-state index contributed by atoms with van der Waals surface area (Å²) in [5.74, 6) is -0.0380. The van der Waals surface area contributed by atoms with Gasteiger partial charge in [0.05, 0.1) is 12.2 Å². The largest absolute Gasteiger partial charge is 0.369 e. The van der Waals surface area contributed by atoms with E-state index in [9.17, 15) is 9.59 Å². The smallest absolute Gasteiger partial charge is 0.239 e. The maximum absolute atomic E-state index is 12.4. The molecule has 1 aliphatic rings. The number of hydrogen-bond acceptors (Lipinski definition) is 5. The lowest BCUT2D eigenvalue weighted by molar-refractivity contribution is -0.127. The van der Waals surface area contributed by atoms with Crippen LogP contribution >= 0.6 is 0 Å². The molecule has 0 aromatic carbocycles. The molecule has 3 N–H and O–H groups in total. The molecule has 0 aliphatic carbocycles. The molecule has 0 radical (unpaired) electrons. The summed E-state index contributed by atoms with van der Waals surface area (Å²) in [5.41, 5.74) is 6.52. The standard InChI is InChI=1S/C18H24N6O2/c1-13-10-15(22-23(13)2)21-16(25)11-24-9-5-7-18(12-24,17(19)26)14-6-3-4-8-20-14/h3-4,6,8,10H,5,7,9,11-12H2,1-2H3,(H2,19,26)(H,21,22,25)/t18-/m0/s1.